The van der Waals surface area contributed by atoms with Gasteiger partial charge < -0.3 is 19.9 Å². The molecule has 6 heteroatoms. The Morgan fingerprint density at radius 3 is 2.50 bits per heavy atom. The predicted molar refractivity (Wildman–Crippen MR) is 97.7 cm³/mol. The van der Waals surface area contributed by atoms with Crippen LogP contribution in [-0.4, -0.2) is 37.2 Å². The van der Waals surface area contributed by atoms with Crippen molar-refractivity contribution in [2.24, 2.45) is 0 Å². The topological polar surface area (TPSA) is 84.9 Å². The number of aliphatic carboxylic acids is 1. The standard InChI is InChI=1S/C20H23NO5/c1-14-3-8-18(25-2)16(11-14)12-19(22)21-10-9-15-4-6-17(7-5-15)26-13-20(23)24/h3-8,11H,9-10,12-13H2,1-2H3,(H,21,22)(H,23,24). The van der Waals surface area contributed by atoms with Crippen LogP contribution in [0.4, 0.5) is 0 Å². The first kappa shape index (κ1) is 19.3. The number of carbonyl (C=O) groups is 2. The van der Waals surface area contributed by atoms with Crippen LogP contribution in [0.25, 0.3) is 0 Å². The predicted octanol–water partition coefficient (Wildman–Crippen LogP) is 2.37. The summed E-state index contributed by atoms with van der Waals surface area (Å²) in [7, 11) is 1.59. The molecule has 0 atom stereocenters. The molecule has 0 heterocycles. The number of aryl methyl sites for hydroxylation is 1. The summed E-state index contributed by atoms with van der Waals surface area (Å²) < 4.78 is 10.4. The molecule has 26 heavy (non-hydrogen) atoms. The molecule has 0 aromatic heterocycles. The van der Waals surface area contributed by atoms with Gasteiger partial charge in [0.25, 0.3) is 0 Å². The Balaban J connectivity index is 1.79. The number of carbonyl (C=O) groups excluding carboxylic acids is 1. The van der Waals surface area contributed by atoms with Crippen LogP contribution in [0.5, 0.6) is 11.5 Å². The van der Waals surface area contributed by atoms with E-state index in [-0.39, 0.29) is 18.9 Å². The summed E-state index contributed by atoms with van der Waals surface area (Å²) in [6.45, 7) is 2.13. The van der Waals surface area contributed by atoms with Crippen molar-refractivity contribution < 1.29 is 24.2 Å². The van der Waals surface area contributed by atoms with E-state index in [4.69, 9.17) is 14.6 Å². The molecule has 0 radical (unpaired) electrons. The smallest absolute Gasteiger partial charge is 0.341 e. The Bertz CT molecular complexity index is 755. The van der Waals surface area contributed by atoms with Gasteiger partial charge in [-0.1, -0.05) is 29.8 Å². The molecule has 1 amide bonds. The Labute approximate surface area is 152 Å². The van der Waals surface area contributed by atoms with Crippen molar-refractivity contribution in [2.45, 2.75) is 19.8 Å². The van der Waals surface area contributed by atoms with Gasteiger partial charge in [0.2, 0.25) is 5.91 Å². The molecule has 0 bridgehead atoms. The molecule has 0 aliphatic heterocycles. The second kappa shape index (κ2) is 9.46. The van der Waals surface area contributed by atoms with Gasteiger partial charge in [0.15, 0.2) is 6.61 Å². The molecule has 6 nitrogen and oxygen atoms in total. The highest BCUT2D eigenvalue weighted by Gasteiger charge is 2.09. The molecule has 0 saturated heterocycles. The van der Waals surface area contributed by atoms with Crippen LogP contribution in [0.15, 0.2) is 42.5 Å². The summed E-state index contributed by atoms with van der Waals surface area (Å²) in [5.41, 5.74) is 2.98. The van der Waals surface area contributed by atoms with Gasteiger partial charge >= 0.3 is 5.97 Å². The number of rotatable bonds is 9. The van der Waals surface area contributed by atoms with Gasteiger partial charge in [-0.15, -0.1) is 0 Å². The van der Waals surface area contributed by atoms with E-state index in [1.54, 1.807) is 19.2 Å². The summed E-state index contributed by atoms with van der Waals surface area (Å²) in [6.07, 6.45) is 0.947. The third-order valence-corrected chi connectivity index (χ3v) is 3.81. The largest absolute Gasteiger partial charge is 0.496 e. The van der Waals surface area contributed by atoms with Crippen molar-refractivity contribution in [3.8, 4) is 11.5 Å². The monoisotopic (exact) mass is 357 g/mol. The maximum absolute atomic E-state index is 12.1. The van der Waals surface area contributed by atoms with E-state index in [9.17, 15) is 9.59 Å². The van der Waals surface area contributed by atoms with E-state index in [1.165, 1.54) is 0 Å². The number of amides is 1. The average Bonchev–Trinajstić information content (AvgIpc) is 2.61. The van der Waals surface area contributed by atoms with Crippen molar-refractivity contribution >= 4 is 11.9 Å². The van der Waals surface area contributed by atoms with Gasteiger partial charge in [0, 0.05) is 12.1 Å². The minimum Gasteiger partial charge on any atom is -0.496 e. The van der Waals surface area contributed by atoms with E-state index in [1.807, 2.05) is 37.3 Å². The Hall–Kier alpha value is -3.02. The van der Waals surface area contributed by atoms with Gasteiger partial charge in [-0.25, -0.2) is 4.79 Å². The molecule has 0 spiro atoms. The molecule has 0 unspecified atom stereocenters. The minimum atomic E-state index is -1.01. The molecule has 138 valence electrons. The fourth-order valence-corrected chi connectivity index (χ4v) is 2.52. The van der Waals surface area contributed by atoms with Crippen LogP contribution in [0, 0.1) is 6.92 Å². The van der Waals surface area contributed by atoms with Crippen LogP contribution in [-0.2, 0) is 22.4 Å². The normalized spacial score (nSPS) is 10.2. The summed E-state index contributed by atoms with van der Waals surface area (Å²) in [6, 6.07) is 12.9. The van der Waals surface area contributed by atoms with Gasteiger partial charge in [-0.05, 0) is 37.1 Å². The van der Waals surface area contributed by atoms with E-state index in [0.717, 1.165) is 16.7 Å². The minimum absolute atomic E-state index is 0.0599. The maximum atomic E-state index is 12.1. The summed E-state index contributed by atoms with van der Waals surface area (Å²) >= 11 is 0. The first-order valence-corrected chi connectivity index (χ1v) is 8.31. The lowest BCUT2D eigenvalue weighted by atomic mass is 10.1. The highest BCUT2D eigenvalue weighted by molar-refractivity contribution is 5.79. The van der Waals surface area contributed by atoms with Gasteiger partial charge in [0.05, 0.1) is 13.5 Å². The fraction of sp³-hybridized carbons (Fsp3) is 0.300. The van der Waals surface area contributed by atoms with Crippen molar-refractivity contribution in [3.05, 3.63) is 59.2 Å². The first-order valence-electron chi connectivity index (χ1n) is 8.31. The zero-order valence-corrected chi connectivity index (χ0v) is 15.0. The number of hydrogen-bond acceptors (Lipinski definition) is 4. The zero-order chi connectivity index (χ0) is 18.9. The lowest BCUT2D eigenvalue weighted by Gasteiger charge is -2.10. The van der Waals surface area contributed by atoms with Crippen molar-refractivity contribution in [1.29, 1.82) is 0 Å². The molecule has 0 aliphatic rings. The molecule has 0 aliphatic carbocycles. The number of carboxylic acid groups (broad SMARTS) is 1. The van der Waals surface area contributed by atoms with Crippen LogP contribution < -0.4 is 14.8 Å². The highest BCUT2D eigenvalue weighted by atomic mass is 16.5. The second-order valence-corrected chi connectivity index (χ2v) is 5.92. The van der Waals surface area contributed by atoms with Crippen molar-refractivity contribution in [3.63, 3.8) is 0 Å². The van der Waals surface area contributed by atoms with E-state index >= 15 is 0 Å². The highest BCUT2D eigenvalue weighted by Crippen LogP contribution is 2.20. The molecule has 0 fully saturated rings. The molecule has 2 rings (SSSR count). The maximum Gasteiger partial charge on any atom is 0.341 e. The molecule has 0 saturated carbocycles. The lowest BCUT2D eigenvalue weighted by molar-refractivity contribution is -0.139. The van der Waals surface area contributed by atoms with Crippen LogP contribution in [0.3, 0.4) is 0 Å². The fourth-order valence-electron chi connectivity index (χ4n) is 2.52. The van der Waals surface area contributed by atoms with Gasteiger partial charge in [0.1, 0.15) is 11.5 Å². The van der Waals surface area contributed by atoms with E-state index in [2.05, 4.69) is 5.32 Å². The quantitative estimate of drug-likeness (QED) is 0.720. The Kier molecular flexibility index (Phi) is 7.02. The number of methoxy groups -OCH3 is 1. The van der Waals surface area contributed by atoms with Crippen molar-refractivity contribution in [2.75, 3.05) is 20.3 Å². The van der Waals surface area contributed by atoms with E-state index < -0.39 is 5.97 Å². The number of hydrogen-bond donors (Lipinski definition) is 2. The zero-order valence-electron chi connectivity index (χ0n) is 15.0. The number of carboxylic acids is 1. The third-order valence-electron chi connectivity index (χ3n) is 3.81. The summed E-state index contributed by atoms with van der Waals surface area (Å²) in [4.78, 5) is 22.6. The molecule has 2 aromatic rings. The van der Waals surface area contributed by atoms with E-state index in [0.29, 0.717) is 24.5 Å². The van der Waals surface area contributed by atoms with Crippen LogP contribution in [0.2, 0.25) is 0 Å². The first-order chi connectivity index (χ1) is 12.5. The van der Waals surface area contributed by atoms with Crippen molar-refractivity contribution in [1.82, 2.24) is 5.32 Å². The molecule has 2 aromatic carbocycles. The molecular weight excluding hydrogens is 334 g/mol. The van der Waals surface area contributed by atoms with Crippen LogP contribution in [0.1, 0.15) is 16.7 Å². The lowest BCUT2D eigenvalue weighted by Crippen LogP contribution is -2.27. The van der Waals surface area contributed by atoms with Gasteiger partial charge in [-0.3, -0.25) is 4.79 Å². The Morgan fingerprint density at radius 1 is 1.12 bits per heavy atom. The Morgan fingerprint density at radius 2 is 1.85 bits per heavy atom. The summed E-state index contributed by atoms with van der Waals surface area (Å²) in [5, 5.41) is 11.5. The molecular formula is C20H23NO5. The number of nitrogens with one attached hydrogen (secondary N) is 1. The van der Waals surface area contributed by atoms with Crippen LogP contribution >= 0.6 is 0 Å². The number of ether oxygens (including phenoxy) is 2. The molecule has 2 N–H and O–H groups in total. The SMILES string of the molecule is COc1ccc(C)cc1CC(=O)NCCc1ccc(OCC(=O)O)cc1. The second-order valence-electron chi connectivity index (χ2n) is 5.92. The third kappa shape index (κ3) is 6.12. The van der Waals surface area contributed by atoms with Gasteiger partial charge in [-0.2, -0.15) is 0 Å². The average molecular weight is 357 g/mol. The summed E-state index contributed by atoms with van der Waals surface area (Å²) in [5.74, 6) is 0.145. The number of benzene rings is 2.